The fourth-order valence-electron chi connectivity index (χ4n) is 2.90. The second-order valence-electron chi connectivity index (χ2n) is 5.83. The van der Waals surface area contributed by atoms with Gasteiger partial charge in [-0.25, -0.2) is 0 Å². The first-order valence-electron chi connectivity index (χ1n) is 8.12. The van der Waals surface area contributed by atoms with Crippen molar-refractivity contribution in [3.8, 4) is 0 Å². The van der Waals surface area contributed by atoms with Crippen molar-refractivity contribution in [3.05, 3.63) is 71.8 Å². The fraction of sp³-hybridized carbons (Fsp3) is 0.263. The summed E-state index contributed by atoms with van der Waals surface area (Å²) in [6.07, 6.45) is 0.907. The standard InChI is InChI=1S/C19H21N3OS/c23-15-21-11-13-22(14-12-21)19(24)20-18(16-7-3-1-4-8-16)17-9-5-2-6-10-17/h1-10,15,18H,11-14H2,(H,20,24). The van der Waals surface area contributed by atoms with Gasteiger partial charge in [-0.3, -0.25) is 4.79 Å². The Balaban J connectivity index is 1.75. The predicted molar refractivity (Wildman–Crippen MR) is 99.7 cm³/mol. The molecule has 5 heteroatoms. The average Bonchev–Trinajstić information content (AvgIpc) is 2.67. The molecule has 1 amide bonds. The van der Waals surface area contributed by atoms with E-state index in [1.54, 1.807) is 4.90 Å². The Morgan fingerprint density at radius 1 is 0.917 bits per heavy atom. The molecule has 0 saturated carbocycles. The van der Waals surface area contributed by atoms with Gasteiger partial charge in [0.25, 0.3) is 0 Å². The van der Waals surface area contributed by atoms with Gasteiger partial charge < -0.3 is 15.1 Å². The lowest BCUT2D eigenvalue weighted by Crippen LogP contribution is -2.51. The van der Waals surface area contributed by atoms with Gasteiger partial charge in [-0.05, 0) is 23.3 Å². The summed E-state index contributed by atoms with van der Waals surface area (Å²) in [4.78, 5) is 14.8. The Hall–Kier alpha value is -2.40. The highest BCUT2D eigenvalue weighted by Gasteiger charge is 2.21. The molecule has 2 aromatic rings. The lowest BCUT2D eigenvalue weighted by molar-refractivity contribution is -0.119. The minimum absolute atomic E-state index is 0.0176. The molecular formula is C19H21N3OS. The molecule has 1 aliphatic rings. The summed E-state index contributed by atoms with van der Waals surface area (Å²) in [5.74, 6) is 0. The minimum Gasteiger partial charge on any atom is -0.352 e. The Morgan fingerprint density at radius 3 is 1.88 bits per heavy atom. The van der Waals surface area contributed by atoms with E-state index in [2.05, 4.69) is 34.5 Å². The van der Waals surface area contributed by atoms with Gasteiger partial charge in [0, 0.05) is 26.2 Å². The van der Waals surface area contributed by atoms with Crippen LogP contribution in [0.3, 0.4) is 0 Å². The highest BCUT2D eigenvalue weighted by molar-refractivity contribution is 7.80. The smallest absolute Gasteiger partial charge is 0.209 e. The van der Waals surface area contributed by atoms with Crippen molar-refractivity contribution >= 4 is 23.7 Å². The number of nitrogens with one attached hydrogen (secondary N) is 1. The van der Waals surface area contributed by atoms with Crippen LogP contribution < -0.4 is 5.32 Å². The van der Waals surface area contributed by atoms with Gasteiger partial charge in [0.1, 0.15) is 0 Å². The van der Waals surface area contributed by atoms with Crippen molar-refractivity contribution in [2.75, 3.05) is 26.2 Å². The van der Waals surface area contributed by atoms with E-state index >= 15 is 0 Å². The largest absolute Gasteiger partial charge is 0.352 e. The maximum atomic E-state index is 10.8. The molecule has 1 saturated heterocycles. The van der Waals surface area contributed by atoms with Gasteiger partial charge >= 0.3 is 0 Å². The van der Waals surface area contributed by atoms with E-state index in [0.29, 0.717) is 13.1 Å². The highest BCUT2D eigenvalue weighted by Crippen LogP contribution is 2.22. The summed E-state index contributed by atoms with van der Waals surface area (Å²) in [6, 6.07) is 20.6. The Kier molecular flexibility index (Phi) is 5.43. The molecule has 24 heavy (non-hydrogen) atoms. The molecule has 1 fully saturated rings. The molecule has 124 valence electrons. The van der Waals surface area contributed by atoms with Crippen LogP contribution in [0.1, 0.15) is 17.2 Å². The zero-order valence-electron chi connectivity index (χ0n) is 13.5. The average molecular weight is 339 g/mol. The van der Waals surface area contributed by atoms with Crippen LogP contribution >= 0.6 is 12.2 Å². The van der Waals surface area contributed by atoms with Crippen molar-refractivity contribution in [1.29, 1.82) is 0 Å². The number of piperazine rings is 1. The number of thiocarbonyl (C=S) groups is 1. The zero-order valence-corrected chi connectivity index (χ0v) is 14.3. The van der Waals surface area contributed by atoms with Crippen LogP contribution in [-0.4, -0.2) is 47.5 Å². The Morgan fingerprint density at radius 2 is 1.42 bits per heavy atom. The first-order chi connectivity index (χ1) is 11.8. The van der Waals surface area contributed by atoms with Crippen molar-refractivity contribution in [2.45, 2.75) is 6.04 Å². The van der Waals surface area contributed by atoms with E-state index in [1.165, 1.54) is 11.1 Å². The number of hydrogen-bond donors (Lipinski definition) is 1. The summed E-state index contributed by atoms with van der Waals surface area (Å²) in [7, 11) is 0. The second-order valence-corrected chi connectivity index (χ2v) is 6.22. The number of hydrogen-bond acceptors (Lipinski definition) is 2. The fourth-order valence-corrected chi connectivity index (χ4v) is 3.20. The van der Waals surface area contributed by atoms with E-state index in [9.17, 15) is 4.79 Å². The molecule has 0 bridgehead atoms. The number of amides is 1. The van der Waals surface area contributed by atoms with E-state index in [-0.39, 0.29) is 6.04 Å². The van der Waals surface area contributed by atoms with Crippen molar-refractivity contribution < 1.29 is 4.79 Å². The quantitative estimate of drug-likeness (QED) is 0.685. The van der Waals surface area contributed by atoms with Crippen LogP contribution in [0.25, 0.3) is 0 Å². The summed E-state index contributed by atoms with van der Waals surface area (Å²) in [5.41, 5.74) is 2.36. The SMILES string of the molecule is O=CN1CCN(C(=S)NC(c2ccccc2)c2ccccc2)CC1. The van der Waals surface area contributed by atoms with E-state index in [0.717, 1.165) is 24.6 Å². The van der Waals surface area contributed by atoms with Crippen LogP contribution in [0.2, 0.25) is 0 Å². The van der Waals surface area contributed by atoms with Crippen LogP contribution in [0, 0.1) is 0 Å². The third-order valence-electron chi connectivity index (χ3n) is 4.28. The normalized spacial score (nSPS) is 14.5. The molecule has 1 N–H and O–H groups in total. The third kappa shape index (κ3) is 3.92. The molecule has 0 aliphatic carbocycles. The third-order valence-corrected chi connectivity index (χ3v) is 4.66. The van der Waals surface area contributed by atoms with Crippen molar-refractivity contribution in [3.63, 3.8) is 0 Å². The zero-order chi connectivity index (χ0) is 16.8. The minimum atomic E-state index is 0.0176. The van der Waals surface area contributed by atoms with Gasteiger partial charge in [-0.15, -0.1) is 0 Å². The van der Waals surface area contributed by atoms with Crippen molar-refractivity contribution in [2.24, 2.45) is 0 Å². The van der Waals surface area contributed by atoms with Crippen molar-refractivity contribution in [1.82, 2.24) is 15.1 Å². The number of rotatable bonds is 4. The molecular weight excluding hydrogens is 318 g/mol. The van der Waals surface area contributed by atoms with E-state index < -0.39 is 0 Å². The maximum absolute atomic E-state index is 10.8. The van der Waals surface area contributed by atoms with Gasteiger partial charge in [0.2, 0.25) is 6.41 Å². The predicted octanol–water partition coefficient (Wildman–Crippen LogP) is 2.42. The van der Waals surface area contributed by atoms with Crippen LogP contribution in [0.15, 0.2) is 60.7 Å². The molecule has 0 atom stereocenters. The van der Waals surface area contributed by atoms with Gasteiger partial charge in [0.05, 0.1) is 6.04 Å². The highest BCUT2D eigenvalue weighted by atomic mass is 32.1. The number of carbonyl (C=O) groups excluding carboxylic acids is 1. The summed E-state index contributed by atoms with van der Waals surface area (Å²) >= 11 is 5.63. The second kappa shape index (κ2) is 7.93. The van der Waals surface area contributed by atoms with Crippen LogP contribution in [0.4, 0.5) is 0 Å². The molecule has 0 spiro atoms. The van der Waals surface area contributed by atoms with Gasteiger partial charge in [-0.2, -0.15) is 0 Å². The number of benzene rings is 2. The number of carbonyl (C=O) groups is 1. The molecule has 1 aliphatic heterocycles. The molecule has 0 unspecified atom stereocenters. The molecule has 3 rings (SSSR count). The monoisotopic (exact) mass is 339 g/mol. The Bertz CT molecular complexity index is 630. The number of nitrogens with zero attached hydrogens (tertiary/aromatic N) is 2. The first-order valence-corrected chi connectivity index (χ1v) is 8.53. The topological polar surface area (TPSA) is 35.6 Å². The lowest BCUT2D eigenvalue weighted by Gasteiger charge is -2.35. The summed E-state index contributed by atoms with van der Waals surface area (Å²) in [6.45, 7) is 2.96. The molecule has 4 nitrogen and oxygen atoms in total. The summed E-state index contributed by atoms with van der Waals surface area (Å²) in [5, 5.41) is 4.24. The first kappa shape index (κ1) is 16.5. The van der Waals surface area contributed by atoms with Crippen LogP contribution in [-0.2, 0) is 4.79 Å². The molecule has 0 radical (unpaired) electrons. The lowest BCUT2D eigenvalue weighted by atomic mass is 9.99. The van der Waals surface area contributed by atoms with Crippen LogP contribution in [0.5, 0.6) is 0 Å². The Labute approximate surface area is 148 Å². The maximum Gasteiger partial charge on any atom is 0.209 e. The van der Waals surface area contributed by atoms with E-state index in [4.69, 9.17) is 12.2 Å². The van der Waals surface area contributed by atoms with E-state index in [1.807, 2.05) is 36.4 Å². The van der Waals surface area contributed by atoms with Gasteiger partial charge in [0.15, 0.2) is 5.11 Å². The molecule has 0 aromatic heterocycles. The molecule has 1 heterocycles. The summed E-state index contributed by atoms with van der Waals surface area (Å²) < 4.78 is 0. The molecule has 2 aromatic carbocycles. The van der Waals surface area contributed by atoms with Gasteiger partial charge in [-0.1, -0.05) is 60.7 Å².